The molecule has 0 saturated carbocycles. The van der Waals surface area contributed by atoms with E-state index in [0.29, 0.717) is 6.54 Å². The predicted octanol–water partition coefficient (Wildman–Crippen LogP) is 1.08. The minimum Gasteiger partial charge on any atom is -0.497 e. The highest BCUT2D eigenvalue weighted by molar-refractivity contribution is 5.75. The zero-order valence-corrected chi connectivity index (χ0v) is 10.3. The van der Waals surface area contributed by atoms with Gasteiger partial charge >= 0.3 is 0 Å². The molecule has 0 atom stereocenters. The minimum atomic E-state index is -0.0916. The standard InChI is InChI=1S/C13H19NO3/c1-14(13(16)8-10-15)9-7-11-3-5-12(17-2)6-4-11/h3-6,15H,7-10H2,1-2H3. The van der Waals surface area contributed by atoms with E-state index in [1.807, 2.05) is 24.3 Å². The maximum absolute atomic E-state index is 11.4. The highest BCUT2D eigenvalue weighted by atomic mass is 16.5. The molecular weight excluding hydrogens is 218 g/mol. The summed E-state index contributed by atoms with van der Waals surface area (Å²) in [6, 6.07) is 7.79. The van der Waals surface area contributed by atoms with Crippen molar-refractivity contribution in [2.24, 2.45) is 0 Å². The molecule has 4 heteroatoms. The van der Waals surface area contributed by atoms with E-state index < -0.39 is 0 Å². The lowest BCUT2D eigenvalue weighted by molar-refractivity contribution is -0.130. The number of nitrogens with zero attached hydrogens (tertiary/aromatic N) is 1. The number of carbonyl (C=O) groups excluding carboxylic acids is 1. The van der Waals surface area contributed by atoms with Crippen molar-refractivity contribution in [1.82, 2.24) is 4.90 Å². The summed E-state index contributed by atoms with van der Waals surface area (Å²) in [5.41, 5.74) is 1.16. The first-order valence-electron chi connectivity index (χ1n) is 5.65. The van der Waals surface area contributed by atoms with Gasteiger partial charge in [-0.05, 0) is 24.1 Å². The van der Waals surface area contributed by atoms with Crippen LogP contribution in [0.15, 0.2) is 24.3 Å². The Kier molecular flexibility index (Phi) is 5.49. The van der Waals surface area contributed by atoms with Gasteiger partial charge in [-0.1, -0.05) is 12.1 Å². The molecule has 0 heterocycles. The van der Waals surface area contributed by atoms with Gasteiger partial charge in [0.2, 0.25) is 5.91 Å². The molecule has 17 heavy (non-hydrogen) atoms. The van der Waals surface area contributed by atoms with E-state index >= 15 is 0 Å². The van der Waals surface area contributed by atoms with Crippen LogP contribution < -0.4 is 4.74 Å². The molecule has 0 aliphatic heterocycles. The third-order valence-corrected chi connectivity index (χ3v) is 2.65. The molecule has 4 nitrogen and oxygen atoms in total. The molecule has 1 aromatic carbocycles. The number of benzene rings is 1. The maximum Gasteiger partial charge on any atom is 0.224 e. The van der Waals surface area contributed by atoms with E-state index in [2.05, 4.69) is 0 Å². The summed E-state index contributed by atoms with van der Waals surface area (Å²) < 4.78 is 5.07. The Bertz CT molecular complexity index is 348. The maximum atomic E-state index is 11.4. The van der Waals surface area contributed by atoms with Crippen molar-refractivity contribution in [2.45, 2.75) is 12.8 Å². The molecule has 0 fully saturated rings. The summed E-state index contributed by atoms with van der Waals surface area (Å²) in [5.74, 6) is 0.805. The number of aliphatic hydroxyl groups is 1. The van der Waals surface area contributed by atoms with Crippen molar-refractivity contribution in [3.05, 3.63) is 29.8 Å². The number of carbonyl (C=O) groups is 1. The summed E-state index contributed by atoms with van der Waals surface area (Å²) >= 11 is 0. The summed E-state index contributed by atoms with van der Waals surface area (Å²) in [4.78, 5) is 13.0. The number of methoxy groups -OCH3 is 1. The largest absolute Gasteiger partial charge is 0.497 e. The van der Waals surface area contributed by atoms with Crippen LogP contribution in [0.3, 0.4) is 0 Å². The molecule has 0 bridgehead atoms. The zero-order valence-electron chi connectivity index (χ0n) is 10.3. The lowest BCUT2D eigenvalue weighted by atomic mass is 10.1. The Morgan fingerprint density at radius 3 is 2.53 bits per heavy atom. The van der Waals surface area contributed by atoms with Crippen LogP contribution in [-0.4, -0.2) is 43.2 Å². The average molecular weight is 237 g/mol. The van der Waals surface area contributed by atoms with E-state index in [1.54, 1.807) is 19.1 Å². The molecule has 0 unspecified atom stereocenters. The van der Waals surface area contributed by atoms with Gasteiger partial charge < -0.3 is 14.7 Å². The first-order chi connectivity index (χ1) is 8.17. The number of likely N-dealkylation sites (N-methyl/N-ethyl adjacent to an activating group) is 1. The third-order valence-electron chi connectivity index (χ3n) is 2.65. The zero-order chi connectivity index (χ0) is 12.7. The fraction of sp³-hybridized carbons (Fsp3) is 0.462. The number of hydrogen-bond acceptors (Lipinski definition) is 3. The minimum absolute atomic E-state index is 0.0268. The molecular formula is C13H19NO3. The van der Waals surface area contributed by atoms with E-state index in [0.717, 1.165) is 17.7 Å². The average Bonchev–Trinajstić information content (AvgIpc) is 2.36. The number of amides is 1. The fourth-order valence-corrected chi connectivity index (χ4v) is 1.50. The second kappa shape index (κ2) is 6.91. The van der Waals surface area contributed by atoms with Crippen LogP contribution >= 0.6 is 0 Å². The molecule has 0 spiro atoms. The lowest BCUT2D eigenvalue weighted by Crippen LogP contribution is -2.29. The second-order valence-electron chi connectivity index (χ2n) is 3.89. The van der Waals surface area contributed by atoms with Crippen molar-refractivity contribution >= 4 is 5.91 Å². The van der Waals surface area contributed by atoms with Crippen LogP contribution in [0.25, 0.3) is 0 Å². The van der Waals surface area contributed by atoms with E-state index in [1.165, 1.54) is 0 Å². The van der Waals surface area contributed by atoms with Crippen molar-refractivity contribution < 1.29 is 14.6 Å². The molecule has 0 aromatic heterocycles. The van der Waals surface area contributed by atoms with E-state index in [4.69, 9.17) is 9.84 Å². The first kappa shape index (κ1) is 13.5. The molecule has 0 saturated heterocycles. The molecule has 94 valence electrons. The highest BCUT2D eigenvalue weighted by Gasteiger charge is 2.07. The Hall–Kier alpha value is -1.55. The highest BCUT2D eigenvalue weighted by Crippen LogP contribution is 2.11. The summed E-state index contributed by atoms with van der Waals surface area (Å²) in [7, 11) is 3.39. The van der Waals surface area contributed by atoms with Gasteiger partial charge in [0.15, 0.2) is 0 Å². The van der Waals surface area contributed by atoms with Crippen LogP contribution in [0.4, 0.5) is 0 Å². The monoisotopic (exact) mass is 237 g/mol. The van der Waals surface area contributed by atoms with Crippen LogP contribution in [0.2, 0.25) is 0 Å². The van der Waals surface area contributed by atoms with Gasteiger partial charge in [0.05, 0.1) is 13.7 Å². The molecule has 1 amide bonds. The van der Waals surface area contributed by atoms with E-state index in [-0.39, 0.29) is 18.9 Å². The van der Waals surface area contributed by atoms with Crippen LogP contribution in [0.5, 0.6) is 5.75 Å². The summed E-state index contributed by atoms with van der Waals surface area (Å²) in [6.07, 6.45) is 0.997. The Morgan fingerprint density at radius 2 is 2.00 bits per heavy atom. The fourth-order valence-electron chi connectivity index (χ4n) is 1.50. The van der Waals surface area contributed by atoms with Gasteiger partial charge in [-0.25, -0.2) is 0 Å². The summed E-state index contributed by atoms with van der Waals surface area (Å²) in [5, 5.41) is 8.67. The summed E-state index contributed by atoms with van der Waals surface area (Å²) in [6.45, 7) is 0.566. The predicted molar refractivity (Wildman–Crippen MR) is 66.0 cm³/mol. The number of ether oxygens (including phenoxy) is 1. The number of rotatable bonds is 6. The van der Waals surface area contributed by atoms with Crippen molar-refractivity contribution in [2.75, 3.05) is 27.3 Å². The molecule has 1 N–H and O–H groups in total. The van der Waals surface area contributed by atoms with Crippen LogP contribution in [0.1, 0.15) is 12.0 Å². The topological polar surface area (TPSA) is 49.8 Å². The van der Waals surface area contributed by atoms with Crippen molar-refractivity contribution in [3.63, 3.8) is 0 Å². The van der Waals surface area contributed by atoms with Crippen molar-refractivity contribution in [3.8, 4) is 5.75 Å². The van der Waals surface area contributed by atoms with Gasteiger partial charge in [0.1, 0.15) is 5.75 Å². The molecule has 0 radical (unpaired) electrons. The van der Waals surface area contributed by atoms with E-state index in [9.17, 15) is 4.79 Å². The molecule has 0 aliphatic rings. The first-order valence-corrected chi connectivity index (χ1v) is 5.65. The van der Waals surface area contributed by atoms with Gasteiger partial charge in [-0.2, -0.15) is 0 Å². The molecule has 1 aromatic rings. The normalized spacial score (nSPS) is 10.1. The quantitative estimate of drug-likeness (QED) is 0.805. The van der Waals surface area contributed by atoms with Gasteiger partial charge in [-0.3, -0.25) is 4.79 Å². The third kappa shape index (κ3) is 4.44. The van der Waals surface area contributed by atoms with Crippen LogP contribution in [0, 0.1) is 0 Å². The molecule has 0 aliphatic carbocycles. The molecule has 1 rings (SSSR count). The number of aliphatic hydroxyl groups excluding tert-OH is 1. The second-order valence-corrected chi connectivity index (χ2v) is 3.89. The SMILES string of the molecule is COc1ccc(CCN(C)C(=O)CCO)cc1. The van der Waals surface area contributed by atoms with Gasteiger partial charge in [-0.15, -0.1) is 0 Å². The Labute approximate surface area is 102 Å². The lowest BCUT2D eigenvalue weighted by Gasteiger charge is -2.16. The smallest absolute Gasteiger partial charge is 0.224 e. The Morgan fingerprint density at radius 1 is 1.35 bits per heavy atom. The van der Waals surface area contributed by atoms with Gasteiger partial charge in [0.25, 0.3) is 0 Å². The van der Waals surface area contributed by atoms with Crippen LogP contribution in [-0.2, 0) is 11.2 Å². The Balaban J connectivity index is 2.41. The van der Waals surface area contributed by atoms with Gasteiger partial charge in [0, 0.05) is 20.0 Å². The number of hydrogen-bond donors (Lipinski definition) is 1. The van der Waals surface area contributed by atoms with Crippen molar-refractivity contribution in [1.29, 1.82) is 0 Å².